The van der Waals surface area contributed by atoms with Gasteiger partial charge in [0.1, 0.15) is 0 Å². The second-order valence-corrected chi connectivity index (χ2v) is 7.48. The molecule has 1 N–H and O–H groups in total. The molecular formula is C16H10F3N3O3S. The molecule has 1 aromatic heterocycles. The summed E-state index contributed by atoms with van der Waals surface area (Å²) < 4.78 is 68.1. The fourth-order valence-electron chi connectivity index (χ4n) is 2.71. The molecule has 0 saturated carbocycles. The van der Waals surface area contributed by atoms with Gasteiger partial charge in [0.25, 0.3) is 0 Å². The fourth-order valence-corrected chi connectivity index (χ4v) is 4.40. The van der Waals surface area contributed by atoms with E-state index in [-0.39, 0.29) is 21.2 Å². The van der Waals surface area contributed by atoms with Gasteiger partial charge >= 0.3 is 12.1 Å². The molecule has 26 heavy (non-hydrogen) atoms. The number of sulfone groups is 1. The van der Waals surface area contributed by atoms with Crippen LogP contribution in [0.3, 0.4) is 0 Å². The molecule has 1 aliphatic rings. The number of alkyl halides is 3. The summed E-state index contributed by atoms with van der Waals surface area (Å²) in [7, 11) is -3.86. The van der Waals surface area contributed by atoms with E-state index in [4.69, 9.17) is 0 Å². The molecule has 0 unspecified atom stereocenters. The van der Waals surface area contributed by atoms with Crippen molar-refractivity contribution in [3.8, 4) is 11.4 Å². The molecular weight excluding hydrogens is 371 g/mol. The summed E-state index contributed by atoms with van der Waals surface area (Å²) in [6.07, 6.45) is -4.77. The van der Waals surface area contributed by atoms with E-state index in [1.807, 2.05) is 0 Å². The number of hydrogen-bond acceptors (Lipinski definition) is 6. The predicted octanol–water partition coefficient (Wildman–Crippen LogP) is 3.51. The molecule has 3 aromatic rings. The highest BCUT2D eigenvalue weighted by molar-refractivity contribution is 7.91. The number of nitrogens with one attached hydrogen (secondary N) is 1. The molecule has 2 heterocycles. The van der Waals surface area contributed by atoms with Crippen LogP contribution in [0.25, 0.3) is 11.4 Å². The Labute approximate surface area is 145 Å². The SMILES string of the molecule is O=S1(=O)c2ccccc2CNc2ccc(-c3noc(C(F)(F)F)n3)cc21. The molecule has 4 rings (SSSR count). The Hall–Kier alpha value is -2.88. The Balaban J connectivity index is 1.86. The lowest BCUT2D eigenvalue weighted by molar-refractivity contribution is -0.159. The zero-order valence-electron chi connectivity index (χ0n) is 12.9. The van der Waals surface area contributed by atoms with Crippen LogP contribution in [0.5, 0.6) is 0 Å². The van der Waals surface area contributed by atoms with Crippen molar-refractivity contribution >= 4 is 15.5 Å². The van der Waals surface area contributed by atoms with Crippen LogP contribution in [0.2, 0.25) is 0 Å². The molecule has 0 amide bonds. The summed E-state index contributed by atoms with van der Waals surface area (Å²) in [5.74, 6) is -1.83. The van der Waals surface area contributed by atoms with Crippen molar-refractivity contribution in [2.45, 2.75) is 22.5 Å². The summed E-state index contributed by atoms with van der Waals surface area (Å²) in [6, 6.07) is 10.7. The zero-order valence-corrected chi connectivity index (χ0v) is 13.7. The maximum Gasteiger partial charge on any atom is 0.471 e. The molecule has 0 bridgehead atoms. The summed E-state index contributed by atoms with van der Waals surface area (Å²) in [6.45, 7) is 0.308. The number of rotatable bonds is 1. The Kier molecular flexibility index (Phi) is 3.55. The molecule has 134 valence electrons. The normalized spacial score (nSPS) is 15.5. The van der Waals surface area contributed by atoms with Crippen LogP contribution in [0.1, 0.15) is 11.5 Å². The smallest absolute Gasteiger partial charge is 0.380 e. The monoisotopic (exact) mass is 381 g/mol. The first kappa shape index (κ1) is 16.6. The van der Waals surface area contributed by atoms with E-state index in [0.29, 0.717) is 17.8 Å². The van der Waals surface area contributed by atoms with Crippen LogP contribution in [0, 0.1) is 0 Å². The summed E-state index contributed by atoms with van der Waals surface area (Å²) in [5, 5.41) is 6.32. The average molecular weight is 381 g/mol. The van der Waals surface area contributed by atoms with Gasteiger partial charge in [0.05, 0.1) is 15.5 Å². The van der Waals surface area contributed by atoms with Gasteiger partial charge in [-0.2, -0.15) is 18.2 Å². The van der Waals surface area contributed by atoms with Gasteiger partial charge in [-0.05, 0) is 29.8 Å². The number of hydrogen-bond donors (Lipinski definition) is 1. The van der Waals surface area contributed by atoms with Crippen molar-refractivity contribution in [1.29, 1.82) is 0 Å². The second-order valence-electron chi connectivity index (χ2n) is 5.60. The number of aromatic nitrogens is 2. The minimum atomic E-state index is -4.77. The van der Waals surface area contributed by atoms with Crippen molar-refractivity contribution in [2.75, 3.05) is 5.32 Å². The van der Waals surface area contributed by atoms with E-state index in [1.54, 1.807) is 18.2 Å². The highest BCUT2D eigenvalue weighted by Gasteiger charge is 2.38. The van der Waals surface area contributed by atoms with E-state index in [0.717, 1.165) is 0 Å². The van der Waals surface area contributed by atoms with Gasteiger partial charge in [0.15, 0.2) is 0 Å². The van der Waals surface area contributed by atoms with E-state index in [9.17, 15) is 21.6 Å². The van der Waals surface area contributed by atoms with Gasteiger partial charge < -0.3 is 9.84 Å². The Morgan fingerprint density at radius 1 is 1.08 bits per heavy atom. The van der Waals surface area contributed by atoms with Crippen molar-refractivity contribution in [1.82, 2.24) is 10.1 Å². The predicted molar refractivity (Wildman–Crippen MR) is 84.0 cm³/mol. The number of fused-ring (bicyclic) bond motifs is 2. The van der Waals surface area contributed by atoms with Gasteiger partial charge in [0.2, 0.25) is 15.7 Å². The first-order valence-corrected chi connectivity index (χ1v) is 8.87. The number of benzene rings is 2. The summed E-state index contributed by atoms with van der Waals surface area (Å²) in [5.41, 5.74) is 1.06. The first-order valence-electron chi connectivity index (χ1n) is 7.39. The molecule has 0 radical (unpaired) electrons. The lowest BCUT2D eigenvalue weighted by atomic mass is 10.2. The summed E-state index contributed by atoms with van der Waals surface area (Å²) >= 11 is 0. The second kappa shape index (κ2) is 5.56. The fraction of sp³-hybridized carbons (Fsp3) is 0.125. The van der Waals surface area contributed by atoms with Gasteiger partial charge in [-0.3, -0.25) is 0 Å². The maximum absolute atomic E-state index is 13.0. The number of anilines is 1. The van der Waals surface area contributed by atoms with Crippen LogP contribution >= 0.6 is 0 Å². The van der Waals surface area contributed by atoms with Crippen LogP contribution in [0.15, 0.2) is 56.8 Å². The van der Waals surface area contributed by atoms with E-state index < -0.39 is 21.9 Å². The van der Waals surface area contributed by atoms with Gasteiger partial charge in [-0.1, -0.05) is 23.4 Å². The lowest BCUT2D eigenvalue weighted by Gasteiger charge is -2.08. The third-order valence-corrected chi connectivity index (χ3v) is 5.82. The van der Waals surface area contributed by atoms with Crippen molar-refractivity contribution in [3.05, 3.63) is 53.9 Å². The van der Waals surface area contributed by atoms with Gasteiger partial charge in [0, 0.05) is 12.1 Å². The van der Waals surface area contributed by atoms with Gasteiger partial charge in [-0.15, -0.1) is 0 Å². The Morgan fingerprint density at radius 3 is 2.58 bits per heavy atom. The van der Waals surface area contributed by atoms with Crippen LogP contribution in [-0.4, -0.2) is 18.6 Å². The van der Waals surface area contributed by atoms with E-state index in [2.05, 4.69) is 20.0 Å². The molecule has 10 heteroatoms. The molecule has 2 aromatic carbocycles. The van der Waals surface area contributed by atoms with Crippen LogP contribution in [0.4, 0.5) is 18.9 Å². The quantitative estimate of drug-likeness (QED) is 0.694. The highest BCUT2D eigenvalue weighted by atomic mass is 32.2. The molecule has 0 saturated heterocycles. The largest absolute Gasteiger partial charge is 0.471 e. The van der Waals surface area contributed by atoms with Crippen molar-refractivity contribution in [2.24, 2.45) is 0 Å². The average Bonchev–Trinajstić information content (AvgIpc) is 3.07. The summed E-state index contributed by atoms with van der Waals surface area (Å²) in [4.78, 5) is 3.39. The number of nitrogens with zero attached hydrogens (tertiary/aromatic N) is 2. The van der Waals surface area contributed by atoms with Crippen molar-refractivity contribution in [3.63, 3.8) is 0 Å². The lowest BCUT2D eigenvalue weighted by Crippen LogP contribution is -2.05. The Bertz CT molecular complexity index is 1110. The molecule has 0 spiro atoms. The third kappa shape index (κ3) is 2.62. The molecule has 0 fully saturated rings. The van der Waals surface area contributed by atoms with E-state index in [1.165, 1.54) is 24.3 Å². The minimum absolute atomic E-state index is 0.0571. The minimum Gasteiger partial charge on any atom is -0.380 e. The highest BCUT2D eigenvalue weighted by Crippen LogP contribution is 2.36. The zero-order chi connectivity index (χ0) is 18.5. The standard InChI is InChI=1S/C16H10F3N3O3S/c17-16(18,19)15-21-14(22-25-15)9-5-6-11-13(7-9)26(23,24)12-4-2-1-3-10(12)8-20-11/h1-7,20H,8H2. The van der Waals surface area contributed by atoms with Crippen molar-refractivity contribution < 1.29 is 26.1 Å². The molecule has 6 nitrogen and oxygen atoms in total. The van der Waals surface area contributed by atoms with Crippen LogP contribution < -0.4 is 5.32 Å². The molecule has 0 aliphatic carbocycles. The topological polar surface area (TPSA) is 85.1 Å². The molecule has 0 atom stereocenters. The van der Waals surface area contributed by atoms with Gasteiger partial charge in [-0.25, -0.2) is 8.42 Å². The van der Waals surface area contributed by atoms with E-state index >= 15 is 0 Å². The first-order chi connectivity index (χ1) is 12.3. The third-order valence-electron chi connectivity index (χ3n) is 3.93. The Morgan fingerprint density at radius 2 is 1.85 bits per heavy atom. The maximum atomic E-state index is 13.0. The molecule has 1 aliphatic heterocycles. The van der Waals surface area contributed by atoms with Crippen LogP contribution in [-0.2, 0) is 22.6 Å². The number of halogens is 3.